The second kappa shape index (κ2) is 5.55. The third-order valence-electron chi connectivity index (χ3n) is 3.52. The van der Waals surface area contributed by atoms with E-state index < -0.39 is 9.84 Å². The highest BCUT2D eigenvalue weighted by molar-refractivity contribution is 7.91. The number of rotatable bonds is 4. The van der Waals surface area contributed by atoms with Crippen LogP contribution in [0, 0.1) is 12.8 Å². The Morgan fingerprint density at radius 2 is 2.20 bits per heavy atom. The van der Waals surface area contributed by atoms with E-state index in [1.165, 1.54) is 0 Å². The van der Waals surface area contributed by atoms with Crippen molar-refractivity contribution < 1.29 is 17.7 Å². The van der Waals surface area contributed by atoms with Crippen LogP contribution in [0.1, 0.15) is 48.0 Å². The molecule has 2 rings (SSSR count). The summed E-state index contributed by atoms with van der Waals surface area (Å²) < 4.78 is 27.9. The summed E-state index contributed by atoms with van der Waals surface area (Å²) >= 11 is 0. The van der Waals surface area contributed by atoms with Crippen molar-refractivity contribution >= 4 is 15.7 Å². The third-order valence-corrected chi connectivity index (χ3v) is 5.36. The first-order chi connectivity index (χ1) is 9.30. The second-order valence-corrected chi connectivity index (χ2v) is 7.87. The minimum atomic E-state index is -2.91. The van der Waals surface area contributed by atoms with Gasteiger partial charge in [0.05, 0.1) is 17.2 Å². The molecule has 20 heavy (non-hydrogen) atoms. The molecule has 1 saturated heterocycles. The van der Waals surface area contributed by atoms with Crippen LogP contribution >= 0.6 is 0 Å². The van der Waals surface area contributed by atoms with Gasteiger partial charge in [0.25, 0.3) is 5.91 Å². The number of aryl methyl sites for hydroxylation is 1. The highest BCUT2D eigenvalue weighted by atomic mass is 32.2. The molecule has 0 spiro atoms. The highest BCUT2D eigenvalue weighted by Crippen LogP contribution is 2.22. The van der Waals surface area contributed by atoms with Gasteiger partial charge in [-0.05, 0) is 19.3 Å². The molecule has 1 atom stereocenters. The summed E-state index contributed by atoms with van der Waals surface area (Å²) in [6, 6.07) is 0. The van der Waals surface area contributed by atoms with E-state index >= 15 is 0 Å². The minimum absolute atomic E-state index is 0.00613. The number of carbonyl (C=O) groups is 1. The molecule has 1 aromatic rings. The summed E-state index contributed by atoms with van der Waals surface area (Å²) in [5.41, 5.74) is 1.03. The number of sulfone groups is 1. The molecule has 0 bridgehead atoms. The minimum Gasteiger partial charge on any atom is -0.360 e. The number of hydrogen-bond donors (Lipinski definition) is 1. The zero-order valence-corrected chi connectivity index (χ0v) is 12.8. The molecule has 1 aromatic heterocycles. The number of hydrogen-bond acceptors (Lipinski definition) is 5. The van der Waals surface area contributed by atoms with E-state index in [0.29, 0.717) is 30.0 Å². The molecule has 0 unspecified atom stereocenters. The summed E-state index contributed by atoms with van der Waals surface area (Å²) in [4.78, 5) is 12.2. The van der Waals surface area contributed by atoms with Gasteiger partial charge in [-0.2, -0.15) is 0 Å². The lowest BCUT2D eigenvalue weighted by molar-refractivity contribution is 0.0945. The first kappa shape index (κ1) is 15.0. The molecule has 0 aromatic carbocycles. The van der Waals surface area contributed by atoms with Crippen molar-refractivity contribution in [1.82, 2.24) is 10.5 Å². The van der Waals surface area contributed by atoms with Crippen molar-refractivity contribution in [1.29, 1.82) is 0 Å². The molecule has 2 heterocycles. The molecule has 0 aliphatic carbocycles. The summed E-state index contributed by atoms with van der Waals surface area (Å²) in [6.45, 7) is 5.96. The number of amides is 1. The number of carbonyl (C=O) groups excluding carboxylic acids is 1. The van der Waals surface area contributed by atoms with Crippen LogP contribution in [-0.4, -0.2) is 37.5 Å². The second-order valence-electron chi connectivity index (χ2n) is 5.64. The summed E-state index contributed by atoms with van der Waals surface area (Å²) in [7, 11) is -2.91. The molecule has 0 radical (unpaired) electrons. The van der Waals surface area contributed by atoms with Gasteiger partial charge >= 0.3 is 0 Å². The normalized spacial score (nSPS) is 21.3. The van der Waals surface area contributed by atoms with Crippen LogP contribution in [0.4, 0.5) is 0 Å². The van der Waals surface area contributed by atoms with Crippen molar-refractivity contribution in [3.63, 3.8) is 0 Å². The van der Waals surface area contributed by atoms with Crippen LogP contribution in [0.5, 0.6) is 0 Å². The molecule has 1 aliphatic rings. The fourth-order valence-corrected chi connectivity index (χ4v) is 4.28. The number of nitrogens with one attached hydrogen (secondary N) is 1. The Labute approximate surface area is 118 Å². The van der Waals surface area contributed by atoms with E-state index in [9.17, 15) is 13.2 Å². The van der Waals surface area contributed by atoms with E-state index in [0.717, 1.165) is 0 Å². The lowest BCUT2D eigenvalue weighted by Gasteiger charge is -2.10. The molecule has 112 valence electrons. The number of aromatic nitrogens is 1. The van der Waals surface area contributed by atoms with Gasteiger partial charge in [-0.3, -0.25) is 4.79 Å². The molecule has 1 amide bonds. The van der Waals surface area contributed by atoms with Crippen molar-refractivity contribution in [3.8, 4) is 0 Å². The number of nitrogens with zero attached hydrogens (tertiary/aromatic N) is 1. The summed E-state index contributed by atoms with van der Waals surface area (Å²) in [6.07, 6.45) is 0.613. The van der Waals surface area contributed by atoms with E-state index in [1.54, 1.807) is 6.92 Å². The lowest BCUT2D eigenvalue weighted by atomic mass is 10.0. The van der Waals surface area contributed by atoms with Crippen molar-refractivity contribution in [2.45, 2.75) is 33.1 Å². The fourth-order valence-electron chi connectivity index (χ4n) is 2.42. The predicted octanol–water partition coefficient (Wildman–Crippen LogP) is 1.27. The predicted molar refractivity (Wildman–Crippen MR) is 74.4 cm³/mol. The maximum atomic E-state index is 12.2. The smallest absolute Gasteiger partial charge is 0.256 e. The maximum Gasteiger partial charge on any atom is 0.256 e. The Morgan fingerprint density at radius 1 is 1.50 bits per heavy atom. The van der Waals surface area contributed by atoms with Gasteiger partial charge in [-0.1, -0.05) is 19.0 Å². The Bertz CT molecular complexity index is 604. The van der Waals surface area contributed by atoms with E-state index in [2.05, 4.69) is 10.5 Å². The molecule has 6 nitrogen and oxygen atoms in total. The zero-order valence-electron chi connectivity index (χ0n) is 12.0. The van der Waals surface area contributed by atoms with Gasteiger partial charge in [-0.25, -0.2) is 8.42 Å². The van der Waals surface area contributed by atoms with Gasteiger partial charge < -0.3 is 9.84 Å². The van der Waals surface area contributed by atoms with E-state index in [4.69, 9.17) is 4.52 Å². The highest BCUT2D eigenvalue weighted by Gasteiger charge is 2.29. The van der Waals surface area contributed by atoms with E-state index in [1.807, 2.05) is 13.8 Å². The molecule has 1 N–H and O–H groups in total. The molecule has 1 fully saturated rings. The van der Waals surface area contributed by atoms with Crippen LogP contribution in [0.3, 0.4) is 0 Å². The Kier molecular flexibility index (Phi) is 4.17. The van der Waals surface area contributed by atoms with Gasteiger partial charge in [-0.15, -0.1) is 0 Å². The fraction of sp³-hybridized carbons (Fsp3) is 0.692. The van der Waals surface area contributed by atoms with Crippen molar-refractivity contribution in [3.05, 3.63) is 17.0 Å². The Morgan fingerprint density at radius 3 is 2.75 bits per heavy atom. The summed E-state index contributed by atoms with van der Waals surface area (Å²) in [5.74, 6) is 0.788. The molecule has 7 heteroatoms. The van der Waals surface area contributed by atoms with Crippen LogP contribution in [0.25, 0.3) is 0 Å². The van der Waals surface area contributed by atoms with Crippen LogP contribution in [0.15, 0.2) is 4.52 Å². The topological polar surface area (TPSA) is 89.3 Å². The zero-order chi connectivity index (χ0) is 14.9. The monoisotopic (exact) mass is 300 g/mol. The van der Waals surface area contributed by atoms with Crippen LogP contribution < -0.4 is 5.32 Å². The van der Waals surface area contributed by atoms with Gasteiger partial charge in [0.1, 0.15) is 5.56 Å². The van der Waals surface area contributed by atoms with Gasteiger partial charge in [0.2, 0.25) is 0 Å². The first-order valence-corrected chi connectivity index (χ1v) is 8.57. The Balaban J connectivity index is 2.01. The molecular weight excluding hydrogens is 280 g/mol. The average Bonchev–Trinajstić information content (AvgIpc) is 2.89. The third kappa shape index (κ3) is 3.20. The Hall–Kier alpha value is -1.37. The molecule has 1 aliphatic heterocycles. The van der Waals surface area contributed by atoms with Crippen LogP contribution in [-0.2, 0) is 9.84 Å². The van der Waals surface area contributed by atoms with Crippen molar-refractivity contribution in [2.75, 3.05) is 18.1 Å². The van der Waals surface area contributed by atoms with Gasteiger partial charge in [0.15, 0.2) is 15.6 Å². The van der Waals surface area contributed by atoms with Crippen molar-refractivity contribution in [2.24, 2.45) is 5.92 Å². The molecule has 0 saturated carbocycles. The first-order valence-electron chi connectivity index (χ1n) is 6.75. The maximum absolute atomic E-state index is 12.2. The van der Waals surface area contributed by atoms with Gasteiger partial charge in [0, 0.05) is 12.5 Å². The van der Waals surface area contributed by atoms with Crippen LogP contribution in [0.2, 0.25) is 0 Å². The summed E-state index contributed by atoms with van der Waals surface area (Å²) in [5, 5.41) is 6.63. The SMILES string of the molecule is Cc1noc(C(C)C)c1C(=O)NC[C@@H]1CCS(=O)(=O)C1. The molecular formula is C13H20N2O4S. The standard InChI is InChI=1S/C13H20N2O4S/c1-8(2)12-11(9(3)15-19-12)13(16)14-6-10-4-5-20(17,18)7-10/h8,10H,4-7H2,1-3H3,(H,14,16)/t10-/m0/s1. The average molecular weight is 300 g/mol. The lowest BCUT2D eigenvalue weighted by Crippen LogP contribution is -2.30. The van der Waals surface area contributed by atoms with E-state index in [-0.39, 0.29) is 29.2 Å². The largest absolute Gasteiger partial charge is 0.360 e. The quantitative estimate of drug-likeness (QED) is 0.904.